The minimum absolute atomic E-state index is 0.328. The molecule has 0 spiro atoms. The van der Waals surface area contributed by atoms with E-state index in [1.165, 1.54) is 4.68 Å². The van der Waals surface area contributed by atoms with Gasteiger partial charge in [0, 0.05) is 19.1 Å². The van der Waals surface area contributed by atoms with Crippen LogP contribution in [0.15, 0.2) is 30.3 Å². The molecular formula is C12H13N4O3+. The zero-order valence-corrected chi connectivity index (χ0v) is 10.2. The van der Waals surface area contributed by atoms with E-state index in [1.807, 2.05) is 16.7 Å². The normalized spacial score (nSPS) is 17.6. The van der Waals surface area contributed by atoms with E-state index in [1.54, 1.807) is 31.2 Å². The molecule has 7 heteroatoms. The highest BCUT2D eigenvalue weighted by atomic mass is 16.2. The SMILES string of the molecule is C/C(C1C(=O)NC(=O)NC1=O)=[N+](/N)c1ccccc1. The summed E-state index contributed by atoms with van der Waals surface area (Å²) in [4.78, 5) is 34.4. The zero-order valence-electron chi connectivity index (χ0n) is 10.2. The number of hydrazone groups is 1. The molecule has 0 unspecified atom stereocenters. The molecule has 0 aliphatic carbocycles. The number of imide groups is 2. The molecule has 1 aromatic rings. The van der Waals surface area contributed by atoms with Crippen LogP contribution in [0, 0.1) is 5.92 Å². The highest BCUT2D eigenvalue weighted by molar-refractivity contribution is 6.26. The molecule has 1 fully saturated rings. The van der Waals surface area contributed by atoms with E-state index in [4.69, 9.17) is 5.84 Å². The number of rotatable bonds is 2. The fourth-order valence-corrected chi connectivity index (χ4v) is 1.83. The second kappa shape index (κ2) is 4.89. The zero-order chi connectivity index (χ0) is 14.0. The van der Waals surface area contributed by atoms with Crippen molar-refractivity contribution in [3.05, 3.63) is 30.3 Å². The number of amides is 4. The highest BCUT2D eigenvalue weighted by Crippen LogP contribution is 2.11. The molecule has 1 aliphatic heterocycles. The maximum atomic E-state index is 11.7. The van der Waals surface area contributed by atoms with Gasteiger partial charge < -0.3 is 0 Å². The van der Waals surface area contributed by atoms with Crippen molar-refractivity contribution >= 4 is 29.2 Å². The van der Waals surface area contributed by atoms with Crippen molar-refractivity contribution in [2.24, 2.45) is 11.8 Å². The van der Waals surface area contributed by atoms with Gasteiger partial charge >= 0.3 is 6.03 Å². The number of urea groups is 1. The molecule has 4 N–H and O–H groups in total. The lowest BCUT2D eigenvalue weighted by Crippen LogP contribution is -2.58. The standard InChI is InChI=1S/C12H12N4O3/c1-7(16(13)8-5-3-2-4-6-8)9-10(17)14-12(19)15-11(9)18/h2-6,9H,13H2,1H3,(H-,14,15,17,18,19)/p+1/b16-7-. The Morgan fingerprint density at radius 2 is 1.63 bits per heavy atom. The summed E-state index contributed by atoms with van der Waals surface area (Å²) in [6.07, 6.45) is 0. The number of benzene rings is 1. The number of carbonyl (C=O) groups is 3. The molecule has 7 nitrogen and oxygen atoms in total. The summed E-state index contributed by atoms with van der Waals surface area (Å²) in [6, 6.07) is 8.06. The van der Waals surface area contributed by atoms with E-state index in [2.05, 4.69) is 0 Å². The molecular weight excluding hydrogens is 248 g/mol. The van der Waals surface area contributed by atoms with E-state index in [0.717, 1.165) is 0 Å². The van der Waals surface area contributed by atoms with Gasteiger partial charge in [0.25, 0.3) is 11.8 Å². The number of hydrogen-bond acceptors (Lipinski definition) is 4. The number of hydrogen-bond donors (Lipinski definition) is 3. The van der Waals surface area contributed by atoms with Crippen LogP contribution in [0.5, 0.6) is 0 Å². The molecule has 1 aromatic carbocycles. The summed E-state index contributed by atoms with van der Waals surface area (Å²) in [5.74, 6) is 3.39. The Balaban J connectivity index is 2.37. The number of barbiturate groups is 1. The van der Waals surface area contributed by atoms with Gasteiger partial charge in [-0.25, -0.2) is 10.6 Å². The summed E-state index contributed by atoms with van der Waals surface area (Å²) in [6.45, 7) is 1.56. The van der Waals surface area contributed by atoms with E-state index >= 15 is 0 Å². The van der Waals surface area contributed by atoms with E-state index in [9.17, 15) is 14.4 Å². The summed E-state index contributed by atoms with van der Waals surface area (Å²) >= 11 is 0. The van der Waals surface area contributed by atoms with Crippen molar-refractivity contribution in [1.82, 2.24) is 10.6 Å². The lowest BCUT2D eigenvalue weighted by molar-refractivity contribution is -0.454. The van der Waals surface area contributed by atoms with Crippen LogP contribution >= 0.6 is 0 Å². The maximum Gasteiger partial charge on any atom is 0.328 e. The fraction of sp³-hybridized carbons (Fsp3) is 0.167. The summed E-state index contributed by atoms with van der Waals surface area (Å²) in [7, 11) is 0. The molecule has 0 atom stereocenters. The van der Waals surface area contributed by atoms with E-state index in [0.29, 0.717) is 11.4 Å². The van der Waals surface area contributed by atoms with Crippen LogP contribution in [0.25, 0.3) is 0 Å². The monoisotopic (exact) mass is 261 g/mol. The first kappa shape index (κ1) is 12.7. The van der Waals surface area contributed by atoms with Gasteiger partial charge in [0.15, 0.2) is 5.92 Å². The predicted octanol–water partition coefficient (Wildman–Crippen LogP) is -0.353. The molecule has 4 amide bonds. The Hall–Kier alpha value is -2.70. The van der Waals surface area contributed by atoms with Crippen LogP contribution in [0.4, 0.5) is 10.5 Å². The Morgan fingerprint density at radius 1 is 1.11 bits per heavy atom. The van der Waals surface area contributed by atoms with Crippen LogP contribution in [-0.2, 0) is 9.59 Å². The van der Waals surface area contributed by atoms with Crippen molar-refractivity contribution in [2.75, 3.05) is 0 Å². The quantitative estimate of drug-likeness (QED) is 0.222. The van der Waals surface area contributed by atoms with Crippen molar-refractivity contribution in [2.45, 2.75) is 6.92 Å². The second-order valence-corrected chi connectivity index (χ2v) is 4.09. The first-order chi connectivity index (χ1) is 9.00. The molecule has 0 radical (unpaired) electrons. The third-order valence-electron chi connectivity index (χ3n) is 2.83. The molecule has 0 aromatic heterocycles. The molecule has 0 saturated carbocycles. The highest BCUT2D eigenvalue weighted by Gasteiger charge is 2.41. The van der Waals surface area contributed by atoms with Gasteiger partial charge in [-0.05, 0) is 0 Å². The Labute approximate surface area is 109 Å². The van der Waals surface area contributed by atoms with Crippen molar-refractivity contribution < 1.29 is 19.1 Å². The average molecular weight is 261 g/mol. The number of nitrogens with zero attached hydrogens (tertiary/aromatic N) is 1. The minimum Gasteiger partial charge on any atom is -0.277 e. The van der Waals surface area contributed by atoms with Gasteiger partial charge in [0.05, 0.1) is 0 Å². The van der Waals surface area contributed by atoms with Gasteiger partial charge in [0.2, 0.25) is 11.4 Å². The molecule has 98 valence electrons. The maximum absolute atomic E-state index is 11.7. The van der Waals surface area contributed by atoms with Crippen LogP contribution < -0.4 is 16.5 Å². The fourth-order valence-electron chi connectivity index (χ4n) is 1.83. The molecule has 2 rings (SSSR count). The van der Waals surface area contributed by atoms with E-state index in [-0.39, 0.29) is 0 Å². The third-order valence-corrected chi connectivity index (χ3v) is 2.83. The van der Waals surface area contributed by atoms with Crippen molar-refractivity contribution in [1.29, 1.82) is 0 Å². The number of hydrazine groups is 1. The lowest BCUT2D eigenvalue weighted by atomic mass is 10.0. The smallest absolute Gasteiger partial charge is 0.277 e. The number of para-hydroxylation sites is 1. The first-order valence-corrected chi connectivity index (χ1v) is 5.59. The van der Waals surface area contributed by atoms with Gasteiger partial charge in [-0.15, -0.1) is 0 Å². The summed E-state index contributed by atoms with van der Waals surface area (Å²) in [5, 5.41) is 4.07. The van der Waals surface area contributed by atoms with Crippen LogP contribution in [-0.4, -0.2) is 28.2 Å². The number of carbonyl (C=O) groups excluding carboxylic acids is 3. The number of nitrogens with one attached hydrogen (secondary N) is 2. The molecule has 0 bridgehead atoms. The van der Waals surface area contributed by atoms with E-state index < -0.39 is 23.8 Å². The minimum atomic E-state index is -1.12. The lowest BCUT2D eigenvalue weighted by Gasteiger charge is -2.18. The molecule has 1 saturated heterocycles. The Morgan fingerprint density at radius 3 is 2.16 bits per heavy atom. The predicted molar refractivity (Wildman–Crippen MR) is 66.4 cm³/mol. The van der Waals surface area contributed by atoms with Gasteiger partial charge in [-0.1, -0.05) is 22.9 Å². The van der Waals surface area contributed by atoms with Crippen molar-refractivity contribution in [3.8, 4) is 0 Å². The average Bonchev–Trinajstić information content (AvgIpc) is 2.37. The van der Waals surface area contributed by atoms with Crippen molar-refractivity contribution in [3.63, 3.8) is 0 Å². The first-order valence-electron chi connectivity index (χ1n) is 5.59. The van der Waals surface area contributed by atoms with Gasteiger partial charge in [0.1, 0.15) is 0 Å². The van der Waals surface area contributed by atoms with Crippen LogP contribution in [0.1, 0.15) is 6.92 Å². The molecule has 1 heterocycles. The largest absolute Gasteiger partial charge is 0.328 e. The van der Waals surface area contributed by atoms with Crippen LogP contribution in [0.2, 0.25) is 0 Å². The Bertz CT molecular complexity index is 560. The number of nitrogens with two attached hydrogens (primary N) is 1. The summed E-state index contributed by atoms with van der Waals surface area (Å²) in [5.41, 5.74) is 0.964. The topological polar surface area (TPSA) is 104 Å². The Kier molecular flexibility index (Phi) is 3.28. The van der Waals surface area contributed by atoms with Crippen LogP contribution in [0.3, 0.4) is 0 Å². The molecule has 1 aliphatic rings. The van der Waals surface area contributed by atoms with Gasteiger partial charge in [-0.3, -0.25) is 20.2 Å². The molecule has 19 heavy (non-hydrogen) atoms. The third kappa shape index (κ3) is 2.44. The van der Waals surface area contributed by atoms with Gasteiger partial charge in [-0.2, -0.15) is 0 Å². The summed E-state index contributed by atoms with van der Waals surface area (Å²) < 4.78 is 1.25. The second-order valence-electron chi connectivity index (χ2n) is 4.09.